The van der Waals surface area contributed by atoms with Gasteiger partial charge in [0.2, 0.25) is 0 Å². The molecule has 0 spiro atoms. The first-order valence-electron chi connectivity index (χ1n) is 7.99. The van der Waals surface area contributed by atoms with E-state index in [-0.39, 0.29) is 30.2 Å². The van der Waals surface area contributed by atoms with Crippen molar-refractivity contribution in [3.8, 4) is 0 Å². The summed E-state index contributed by atoms with van der Waals surface area (Å²) in [6, 6.07) is 4.19. The number of nitrogens with zero attached hydrogens (tertiary/aromatic N) is 3. The van der Waals surface area contributed by atoms with Gasteiger partial charge in [0.05, 0.1) is 18.1 Å². The van der Waals surface area contributed by atoms with Crippen LogP contribution in [-0.4, -0.2) is 84.3 Å². The third-order valence-corrected chi connectivity index (χ3v) is 6.52. The van der Waals surface area contributed by atoms with Crippen LogP contribution in [0.4, 0.5) is 0 Å². The summed E-state index contributed by atoms with van der Waals surface area (Å²) in [5, 5.41) is 9.17. The fourth-order valence-corrected chi connectivity index (χ4v) is 5.80. The molecule has 0 amide bonds. The van der Waals surface area contributed by atoms with Crippen molar-refractivity contribution < 1.29 is 13.5 Å². The number of piperazine rings is 1. The van der Waals surface area contributed by atoms with Gasteiger partial charge in [-0.05, 0) is 18.6 Å². The van der Waals surface area contributed by atoms with Crippen LogP contribution in [0.25, 0.3) is 0 Å². The average molecular weight is 327 g/mol. The number of aromatic nitrogens is 1. The molecular formula is C15H25N3O3S. The van der Waals surface area contributed by atoms with E-state index in [1.54, 1.807) is 0 Å². The quantitative estimate of drug-likeness (QED) is 0.774. The van der Waals surface area contributed by atoms with Gasteiger partial charge in [0.1, 0.15) is 0 Å². The molecule has 0 aromatic carbocycles. The molecule has 1 N–H and O–H groups in total. The molecule has 0 unspecified atom stereocenters. The predicted molar refractivity (Wildman–Crippen MR) is 85.5 cm³/mol. The Balaban J connectivity index is 1.60. The molecule has 2 atom stereocenters. The van der Waals surface area contributed by atoms with Gasteiger partial charge < -0.3 is 9.67 Å². The molecule has 22 heavy (non-hydrogen) atoms. The van der Waals surface area contributed by atoms with Crippen LogP contribution in [0.3, 0.4) is 0 Å². The molecule has 0 aliphatic carbocycles. The molecular weight excluding hydrogens is 302 g/mol. The molecule has 124 valence electrons. The summed E-state index contributed by atoms with van der Waals surface area (Å²) in [5.74, 6) is 0.509. The van der Waals surface area contributed by atoms with Gasteiger partial charge >= 0.3 is 0 Å². The van der Waals surface area contributed by atoms with Crippen LogP contribution in [0.5, 0.6) is 0 Å². The van der Waals surface area contributed by atoms with E-state index in [9.17, 15) is 13.5 Å². The highest BCUT2D eigenvalue weighted by molar-refractivity contribution is 7.91. The lowest BCUT2D eigenvalue weighted by Crippen LogP contribution is -2.59. The molecule has 2 saturated heterocycles. The van der Waals surface area contributed by atoms with Crippen molar-refractivity contribution in [2.75, 3.05) is 44.3 Å². The Morgan fingerprint density at radius 1 is 0.955 bits per heavy atom. The fourth-order valence-electron chi connectivity index (χ4n) is 3.76. The highest BCUT2D eigenvalue weighted by atomic mass is 32.2. The van der Waals surface area contributed by atoms with Crippen molar-refractivity contribution in [3.63, 3.8) is 0 Å². The Kier molecular flexibility index (Phi) is 4.87. The molecule has 2 aliphatic heterocycles. The van der Waals surface area contributed by atoms with Crippen molar-refractivity contribution >= 4 is 9.84 Å². The summed E-state index contributed by atoms with van der Waals surface area (Å²) < 4.78 is 26.2. The standard InChI is InChI=1S/C15H25N3O3S/c19-11-10-18-9-8-17(7-3-6-16-4-1-2-5-16)14-12-22(20,21)13-15(14)18/h1-2,4-5,14-15,19H,3,6-13H2/t14-,15+/m0/s1. The van der Waals surface area contributed by atoms with Gasteiger partial charge in [0.25, 0.3) is 0 Å². The van der Waals surface area contributed by atoms with Gasteiger partial charge in [-0.25, -0.2) is 8.42 Å². The van der Waals surface area contributed by atoms with Gasteiger partial charge in [-0.15, -0.1) is 0 Å². The number of sulfone groups is 1. The molecule has 2 fully saturated rings. The van der Waals surface area contributed by atoms with Gasteiger partial charge in [0.15, 0.2) is 9.84 Å². The lowest BCUT2D eigenvalue weighted by atomic mass is 10.0. The Morgan fingerprint density at radius 3 is 2.14 bits per heavy atom. The first-order chi connectivity index (χ1) is 10.6. The van der Waals surface area contributed by atoms with Crippen molar-refractivity contribution in [2.24, 2.45) is 0 Å². The van der Waals surface area contributed by atoms with Crippen LogP contribution in [0, 0.1) is 0 Å². The molecule has 0 saturated carbocycles. The largest absolute Gasteiger partial charge is 0.395 e. The summed E-state index contributed by atoms with van der Waals surface area (Å²) >= 11 is 0. The van der Waals surface area contributed by atoms with Crippen molar-refractivity contribution in [1.29, 1.82) is 0 Å². The highest BCUT2D eigenvalue weighted by Gasteiger charge is 2.45. The Morgan fingerprint density at radius 2 is 1.55 bits per heavy atom. The topological polar surface area (TPSA) is 65.8 Å². The lowest BCUT2D eigenvalue weighted by Gasteiger charge is -2.43. The van der Waals surface area contributed by atoms with Crippen molar-refractivity contribution in [3.05, 3.63) is 24.5 Å². The van der Waals surface area contributed by atoms with Crippen LogP contribution in [0.1, 0.15) is 6.42 Å². The van der Waals surface area contributed by atoms with Gasteiger partial charge in [-0.2, -0.15) is 0 Å². The normalized spacial score (nSPS) is 28.8. The molecule has 6 nitrogen and oxygen atoms in total. The minimum absolute atomic E-state index is 0.0532. The number of aliphatic hydroxyl groups is 1. The lowest BCUT2D eigenvalue weighted by molar-refractivity contribution is 0.0341. The second-order valence-electron chi connectivity index (χ2n) is 6.28. The third kappa shape index (κ3) is 3.53. The van der Waals surface area contributed by atoms with Gasteiger partial charge in [-0.3, -0.25) is 9.80 Å². The van der Waals surface area contributed by atoms with E-state index >= 15 is 0 Å². The number of hydrogen-bond acceptors (Lipinski definition) is 5. The van der Waals surface area contributed by atoms with Crippen molar-refractivity contribution in [1.82, 2.24) is 14.4 Å². The minimum Gasteiger partial charge on any atom is -0.395 e. The van der Waals surface area contributed by atoms with E-state index in [4.69, 9.17) is 0 Å². The van der Waals surface area contributed by atoms with Gasteiger partial charge in [-0.1, -0.05) is 0 Å². The smallest absolute Gasteiger partial charge is 0.153 e. The molecule has 3 heterocycles. The molecule has 7 heteroatoms. The number of hydrogen-bond donors (Lipinski definition) is 1. The van der Waals surface area contributed by atoms with E-state index in [1.807, 2.05) is 12.1 Å². The van der Waals surface area contributed by atoms with Gasteiger partial charge in [0, 0.05) is 57.2 Å². The van der Waals surface area contributed by atoms with E-state index in [2.05, 4.69) is 26.8 Å². The van der Waals surface area contributed by atoms with Crippen LogP contribution < -0.4 is 0 Å². The first-order valence-corrected chi connectivity index (χ1v) is 9.81. The predicted octanol–water partition coefficient (Wildman–Crippen LogP) is -0.346. The van der Waals surface area contributed by atoms with E-state index in [0.29, 0.717) is 6.54 Å². The summed E-state index contributed by atoms with van der Waals surface area (Å²) in [4.78, 5) is 4.49. The minimum atomic E-state index is -2.95. The SMILES string of the molecule is O=S1(=O)C[C@@H]2[C@H](C1)N(CCCn1cccc1)CCN2CCO. The maximum atomic E-state index is 12.0. The monoisotopic (exact) mass is 327 g/mol. The van der Waals surface area contributed by atoms with Crippen LogP contribution in [-0.2, 0) is 16.4 Å². The maximum absolute atomic E-state index is 12.0. The van der Waals surface area contributed by atoms with Crippen LogP contribution in [0.15, 0.2) is 24.5 Å². The highest BCUT2D eigenvalue weighted by Crippen LogP contribution is 2.26. The van der Waals surface area contributed by atoms with E-state index in [0.717, 1.165) is 32.6 Å². The Bertz CT molecular complexity index is 573. The summed E-state index contributed by atoms with van der Waals surface area (Å²) in [7, 11) is -2.95. The second kappa shape index (κ2) is 6.70. The maximum Gasteiger partial charge on any atom is 0.153 e. The summed E-state index contributed by atoms with van der Waals surface area (Å²) in [6.45, 7) is 4.31. The second-order valence-corrected chi connectivity index (χ2v) is 8.44. The molecule has 0 bridgehead atoms. The number of rotatable bonds is 6. The molecule has 2 aliphatic rings. The third-order valence-electron chi connectivity index (χ3n) is 4.82. The molecule has 3 rings (SSSR count). The molecule has 1 aromatic rings. The first kappa shape index (κ1) is 16.0. The zero-order chi connectivity index (χ0) is 15.6. The summed E-state index contributed by atoms with van der Waals surface area (Å²) in [6.07, 6.45) is 5.14. The summed E-state index contributed by atoms with van der Waals surface area (Å²) in [5.41, 5.74) is 0. The van der Waals surface area contributed by atoms with Crippen molar-refractivity contribution in [2.45, 2.75) is 25.0 Å². The average Bonchev–Trinajstić information content (AvgIpc) is 3.08. The van der Waals surface area contributed by atoms with Crippen LogP contribution >= 0.6 is 0 Å². The Hall–Kier alpha value is -0.890. The fraction of sp³-hybridized carbons (Fsp3) is 0.733. The Labute approximate surface area is 132 Å². The number of aryl methyl sites for hydroxylation is 1. The van der Waals surface area contributed by atoms with E-state index in [1.165, 1.54) is 0 Å². The number of β-amino-alcohol motifs (C(OH)–C–C–N with tert-alkyl or cyclic N) is 1. The van der Waals surface area contributed by atoms with E-state index < -0.39 is 9.84 Å². The molecule has 1 aromatic heterocycles. The zero-order valence-corrected chi connectivity index (χ0v) is 13.7. The zero-order valence-electron chi connectivity index (χ0n) is 12.8. The molecule has 0 radical (unpaired) electrons. The number of aliphatic hydroxyl groups excluding tert-OH is 1. The number of fused-ring (bicyclic) bond motifs is 1. The van der Waals surface area contributed by atoms with Crippen LogP contribution in [0.2, 0.25) is 0 Å².